The molecule has 2 aromatic carbocycles. The maximum atomic E-state index is 12.9. The van der Waals surface area contributed by atoms with Gasteiger partial charge in [-0.1, -0.05) is 12.1 Å². The molecule has 0 saturated carbocycles. The van der Waals surface area contributed by atoms with Gasteiger partial charge in [-0.25, -0.2) is 13.2 Å². The van der Waals surface area contributed by atoms with Crippen LogP contribution in [-0.2, 0) is 16.7 Å². The molecule has 0 bridgehead atoms. The Bertz CT molecular complexity index is 1430. The highest BCUT2D eigenvalue weighted by Gasteiger charge is 2.28. The number of benzene rings is 2. The van der Waals surface area contributed by atoms with Gasteiger partial charge >= 0.3 is 5.63 Å². The fraction of sp³-hybridized carbons (Fsp3) is 0.273. The van der Waals surface area contributed by atoms with Crippen LogP contribution in [0.5, 0.6) is 5.75 Å². The molecule has 5 rings (SSSR count). The highest BCUT2D eigenvalue weighted by Crippen LogP contribution is 2.23. The summed E-state index contributed by atoms with van der Waals surface area (Å²) in [5, 5.41) is 5.82. The first-order valence-electron chi connectivity index (χ1n) is 10.2. The summed E-state index contributed by atoms with van der Waals surface area (Å²) in [7, 11) is -2.02. The molecule has 0 amide bonds. The Morgan fingerprint density at radius 3 is 2.44 bits per heavy atom. The van der Waals surface area contributed by atoms with Crippen molar-refractivity contribution < 1.29 is 17.6 Å². The Balaban J connectivity index is 1.30. The average Bonchev–Trinajstić information content (AvgIpc) is 3.24. The Morgan fingerprint density at radius 1 is 1.00 bits per heavy atom. The summed E-state index contributed by atoms with van der Waals surface area (Å²) >= 11 is 0. The standard InChI is InChI=1S/C22H22N4O5S/c1-30-16-6-8-17(9-7-16)32(28,29)26-12-10-24(11-13-26)15-25-14-19-21(23-25)18-4-2-3-5-20(18)31-22(19)27/h2-9,14H,10-13,15H2,1H3. The molecule has 32 heavy (non-hydrogen) atoms. The highest BCUT2D eigenvalue weighted by atomic mass is 32.2. The Morgan fingerprint density at radius 2 is 1.72 bits per heavy atom. The van der Waals surface area contributed by atoms with Gasteiger partial charge in [0.25, 0.3) is 0 Å². The molecule has 1 aliphatic heterocycles. The lowest BCUT2D eigenvalue weighted by Crippen LogP contribution is -2.48. The quantitative estimate of drug-likeness (QED) is 0.426. The topological polar surface area (TPSA) is 97.9 Å². The van der Waals surface area contributed by atoms with E-state index < -0.39 is 15.6 Å². The number of hydrogen-bond acceptors (Lipinski definition) is 7. The normalized spacial score (nSPS) is 16.0. The molecule has 10 heteroatoms. The van der Waals surface area contributed by atoms with Crippen molar-refractivity contribution in [3.05, 3.63) is 65.1 Å². The van der Waals surface area contributed by atoms with Gasteiger partial charge < -0.3 is 9.15 Å². The molecular weight excluding hydrogens is 432 g/mol. The van der Waals surface area contributed by atoms with Gasteiger partial charge in [0.2, 0.25) is 10.0 Å². The van der Waals surface area contributed by atoms with Crippen molar-refractivity contribution in [2.45, 2.75) is 11.6 Å². The van der Waals surface area contributed by atoms with Crippen LogP contribution in [0.4, 0.5) is 0 Å². The number of nitrogens with zero attached hydrogens (tertiary/aromatic N) is 4. The molecule has 166 valence electrons. The maximum absolute atomic E-state index is 12.9. The number of aromatic nitrogens is 2. The predicted molar refractivity (Wildman–Crippen MR) is 119 cm³/mol. The summed E-state index contributed by atoms with van der Waals surface area (Å²) in [6.45, 7) is 2.32. The minimum absolute atomic E-state index is 0.253. The zero-order chi connectivity index (χ0) is 22.3. The van der Waals surface area contributed by atoms with Crippen LogP contribution >= 0.6 is 0 Å². The maximum Gasteiger partial charge on any atom is 0.347 e. The predicted octanol–water partition coefficient (Wildman–Crippen LogP) is 2.12. The molecule has 0 radical (unpaired) electrons. The summed E-state index contributed by atoms with van der Waals surface area (Å²) in [6.07, 6.45) is 1.69. The van der Waals surface area contributed by atoms with Crippen LogP contribution in [0, 0.1) is 0 Å². The summed E-state index contributed by atoms with van der Waals surface area (Å²) in [5.74, 6) is 0.613. The Hall–Kier alpha value is -3.21. The molecule has 0 N–H and O–H groups in total. The van der Waals surface area contributed by atoms with Crippen LogP contribution in [0.15, 0.2) is 68.8 Å². The first-order chi connectivity index (χ1) is 15.5. The van der Waals surface area contributed by atoms with E-state index in [1.165, 1.54) is 4.31 Å². The number of fused-ring (bicyclic) bond motifs is 3. The molecule has 1 fully saturated rings. The van der Waals surface area contributed by atoms with Gasteiger partial charge in [-0.2, -0.15) is 9.40 Å². The first kappa shape index (κ1) is 20.7. The smallest absolute Gasteiger partial charge is 0.347 e. The van der Waals surface area contributed by atoms with Crippen LogP contribution in [0.25, 0.3) is 21.9 Å². The van der Waals surface area contributed by atoms with Gasteiger partial charge in [0.1, 0.15) is 22.2 Å². The molecule has 0 spiro atoms. The second kappa shape index (κ2) is 8.05. The highest BCUT2D eigenvalue weighted by molar-refractivity contribution is 7.89. The van der Waals surface area contributed by atoms with Crippen LogP contribution < -0.4 is 10.4 Å². The van der Waals surface area contributed by atoms with Gasteiger partial charge in [-0.3, -0.25) is 9.58 Å². The zero-order valence-electron chi connectivity index (χ0n) is 17.5. The van der Waals surface area contributed by atoms with Gasteiger partial charge in [0.15, 0.2) is 0 Å². The summed E-state index contributed by atoms with van der Waals surface area (Å²) in [4.78, 5) is 14.7. The minimum Gasteiger partial charge on any atom is -0.497 e. The second-order valence-corrected chi connectivity index (χ2v) is 9.59. The van der Waals surface area contributed by atoms with Crippen molar-refractivity contribution in [2.24, 2.45) is 0 Å². The Labute approximate surface area is 184 Å². The van der Waals surface area contributed by atoms with E-state index in [2.05, 4.69) is 10.00 Å². The molecule has 0 atom stereocenters. The van der Waals surface area contributed by atoms with E-state index in [9.17, 15) is 13.2 Å². The van der Waals surface area contributed by atoms with Crippen molar-refractivity contribution in [1.82, 2.24) is 19.0 Å². The molecule has 1 saturated heterocycles. The van der Waals surface area contributed by atoms with Gasteiger partial charge in [-0.15, -0.1) is 0 Å². The third-order valence-electron chi connectivity index (χ3n) is 5.70. The van der Waals surface area contributed by atoms with Crippen molar-refractivity contribution in [2.75, 3.05) is 33.3 Å². The monoisotopic (exact) mass is 454 g/mol. The van der Waals surface area contributed by atoms with Gasteiger partial charge in [0.05, 0.1) is 18.7 Å². The lowest BCUT2D eigenvalue weighted by molar-refractivity contribution is 0.146. The van der Waals surface area contributed by atoms with Crippen molar-refractivity contribution in [3.63, 3.8) is 0 Å². The van der Waals surface area contributed by atoms with E-state index in [1.54, 1.807) is 48.3 Å². The lowest BCUT2D eigenvalue weighted by Gasteiger charge is -2.33. The first-order valence-corrected chi connectivity index (χ1v) is 11.7. The van der Waals surface area contributed by atoms with E-state index >= 15 is 0 Å². The summed E-state index contributed by atoms with van der Waals surface area (Å²) in [6, 6.07) is 13.7. The molecule has 0 unspecified atom stereocenters. The fourth-order valence-electron chi connectivity index (χ4n) is 3.96. The van der Waals surface area contributed by atoms with Gasteiger partial charge in [-0.05, 0) is 36.4 Å². The number of rotatable bonds is 5. The second-order valence-electron chi connectivity index (χ2n) is 7.66. The number of hydrogen-bond donors (Lipinski definition) is 0. The molecule has 4 aromatic rings. The molecular formula is C22H22N4O5S. The molecule has 0 aliphatic carbocycles. The van der Waals surface area contributed by atoms with Gasteiger partial charge in [0, 0.05) is 37.8 Å². The van der Waals surface area contributed by atoms with Crippen LogP contribution in [0.3, 0.4) is 0 Å². The zero-order valence-corrected chi connectivity index (χ0v) is 18.3. The number of para-hydroxylation sites is 1. The minimum atomic E-state index is -3.56. The third kappa shape index (κ3) is 3.66. The largest absolute Gasteiger partial charge is 0.497 e. The Kier molecular flexibility index (Phi) is 5.20. The molecule has 3 heterocycles. The number of piperazine rings is 1. The molecule has 1 aliphatic rings. The van der Waals surface area contributed by atoms with Crippen molar-refractivity contribution >= 4 is 31.9 Å². The SMILES string of the molecule is COc1ccc(S(=O)(=O)N2CCN(Cn3cc4c(=O)oc5ccccc5c4n3)CC2)cc1. The lowest BCUT2D eigenvalue weighted by atomic mass is 10.2. The van der Waals surface area contributed by atoms with E-state index in [-0.39, 0.29) is 4.90 Å². The molecule has 2 aromatic heterocycles. The van der Waals surface area contributed by atoms with Crippen LogP contribution in [0.2, 0.25) is 0 Å². The van der Waals surface area contributed by atoms with E-state index in [0.717, 1.165) is 5.39 Å². The van der Waals surface area contributed by atoms with E-state index in [1.807, 2.05) is 18.2 Å². The number of methoxy groups -OCH3 is 1. The third-order valence-corrected chi connectivity index (χ3v) is 7.61. The summed E-state index contributed by atoms with van der Waals surface area (Å²) < 4.78 is 39.6. The average molecular weight is 455 g/mol. The van der Waals surface area contributed by atoms with Crippen molar-refractivity contribution in [1.29, 1.82) is 0 Å². The van der Waals surface area contributed by atoms with Crippen LogP contribution in [0.1, 0.15) is 0 Å². The van der Waals surface area contributed by atoms with Crippen LogP contribution in [-0.4, -0.2) is 60.7 Å². The van der Waals surface area contributed by atoms with E-state index in [4.69, 9.17) is 9.15 Å². The van der Waals surface area contributed by atoms with E-state index in [0.29, 0.717) is 55.1 Å². The fourth-order valence-corrected chi connectivity index (χ4v) is 5.38. The number of ether oxygens (including phenoxy) is 1. The van der Waals surface area contributed by atoms with Crippen molar-refractivity contribution in [3.8, 4) is 5.75 Å². The molecule has 9 nitrogen and oxygen atoms in total. The summed E-state index contributed by atoms with van der Waals surface area (Å²) in [5.41, 5.74) is 0.700. The number of sulfonamides is 1.